The minimum Gasteiger partial charge on any atom is -0.309 e. The quantitative estimate of drug-likeness (QED) is 0.155. The first-order chi connectivity index (χ1) is 35.2. The molecule has 0 bridgehead atoms. The van der Waals surface area contributed by atoms with Crippen LogP contribution in [-0.4, -0.2) is 22.2 Å². The fraction of sp³-hybridized carbons (Fsp3) is 0. The number of fused-ring (bicyclic) bond motifs is 11. The molecule has 1 aliphatic rings. The molecule has 0 saturated carbocycles. The summed E-state index contributed by atoms with van der Waals surface area (Å²) >= 11 is 3.78. The van der Waals surface area contributed by atoms with Crippen LogP contribution in [0.5, 0.6) is 0 Å². The molecule has 1 unspecified atom stereocenters. The van der Waals surface area contributed by atoms with Crippen LogP contribution in [0.15, 0.2) is 259 Å². The van der Waals surface area contributed by atoms with Gasteiger partial charge in [0, 0.05) is 62.5 Å². The highest BCUT2D eigenvalue weighted by atomic mass is 32.2. The standard InChI is InChI=1S/C65H41N3S2Si/c1-6-19-54-48(14-1)49-15-2-7-20-55(49)67(54)46-35-32-43(33-36-46)42-28-30-44(31-29-42)45-34-39-63-61(40-45)70-60-24-11-12-25-62(60)71(63,47-37-38-59-53(41-47)52-18-5-10-23-58(52)69-59)65-27-13-26-64(66-65)68-56-21-8-3-16-50(56)51-17-4-9-22-57(51)68/h1-41H. The van der Waals surface area contributed by atoms with E-state index in [-0.39, 0.29) is 0 Å². The monoisotopic (exact) mass is 955 g/mol. The molecule has 0 aliphatic carbocycles. The van der Waals surface area contributed by atoms with E-state index in [1.165, 1.54) is 100 Å². The topological polar surface area (TPSA) is 22.8 Å². The van der Waals surface area contributed by atoms with Crippen molar-refractivity contribution in [3.8, 4) is 33.8 Å². The third-order valence-corrected chi connectivity index (χ3v) is 22.3. The summed E-state index contributed by atoms with van der Waals surface area (Å²) in [5, 5.41) is 12.9. The van der Waals surface area contributed by atoms with Gasteiger partial charge in [-0.15, -0.1) is 11.3 Å². The van der Waals surface area contributed by atoms with E-state index >= 15 is 0 Å². The normalized spacial score (nSPS) is 14.5. The molecule has 10 aromatic carbocycles. The van der Waals surface area contributed by atoms with Gasteiger partial charge in [-0.2, -0.15) is 0 Å². The van der Waals surface area contributed by atoms with Gasteiger partial charge in [0.05, 0.1) is 22.1 Å². The first-order valence-corrected chi connectivity index (χ1v) is 27.8. The molecule has 332 valence electrons. The molecule has 1 aliphatic heterocycles. The van der Waals surface area contributed by atoms with Crippen LogP contribution in [0.25, 0.3) is 97.5 Å². The van der Waals surface area contributed by atoms with Crippen LogP contribution < -0.4 is 20.9 Å². The van der Waals surface area contributed by atoms with E-state index in [9.17, 15) is 0 Å². The van der Waals surface area contributed by atoms with Crippen molar-refractivity contribution in [1.82, 2.24) is 14.1 Å². The van der Waals surface area contributed by atoms with Crippen molar-refractivity contribution in [3.05, 3.63) is 249 Å². The first-order valence-electron chi connectivity index (χ1n) is 24.2. The van der Waals surface area contributed by atoms with E-state index in [1.54, 1.807) is 0 Å². The highest BCUT2D eigenvalue weighted by molar-refractivity contribution is 8.00. The van der Waals surface area contributed by atoms with Crippen LogP contribution in [0.2, 0.25) is 0 Å². The Morgan fingerprint density at radius 3 is 1.51 bits per heavy atom. The van der Waals surface area contributed by atoms with E-state index in [1.807, 2.05) is 23.1 Å². The number of thiophene rings is 1. The molecule has 0 spiro atoms. The number of hydrogen-bond donors (Lipinski definition) is 0. The minimum atomic E-state index is -3.11. The molecule has 6 heteroatoms. The van der Waals surface area contributed by atoms with Crippen molar-refractivity contribution in [2.45, 2.75) is 9.79 Å². The predicted molar refractivity (Wildman–Crippen MR) is 304 cm³/mol. The third-order valence-electron chi connectivity index (χ3n) is 14.9. The summed E-state index contributed by atoms with van der Waals surface area (Å²) in [6, 6.07) is 92.3. The van der Waals surface area contributed by atoms with E-state index < -0.39 is 8.07 Å². The van der Waals surface area contributed by atoms with Gasteiger partial charge in [-0.05, 0) is 111 Å². The van der Waals surface area contributed by atoms with Gasteiger partial charge in [-0.3, -0.25) is 4.57 Å². The Morgan fingerprint density at radius 1 is 0.338 bits per heavy atom. The van der Waals surface area contributed by atoms with Crippen molar-refractivity contribution < 1.29 is 0 Å². The number of hydrogen-bond acceptors (Lipinski definition) is 3. The number of rotatable bonds is 6. The number of nitrogens with zero attached hydrogens (tertiary/aromatic N) is 3. The fourth-order valence-corrected chi connectivity index (χ4v) is 19.6. The molecule has 0 amide bonds. The first kappa shape index (κ1) is 40.6. The van der Waals surface area contributed by atoms with Gasteiger partial charge in [0.25, 0.3) is 0 Å². The summed E-state index contributed by atoms with van der Waals surface area (Å²) in [5.74, 6) is 0.934. The summed E-state index contributed by atoms with van der Waals surface area (Å²) in [5.41, 5.74) is 10.7. The highest BCUT2D eigenvalue weighted by Gasteiger charge is 2.48. The maximum Gasteiger partial charge on any atom is 0.204 e. The second-order valence-electron chi connectivity index (χ2n) is 18.6. The summed E-state index contributed by atoms with van der Waals surface area (Å²) in [4.78, 5) is 8.48. The molecule has 0 saturated heterocycles. The molecule has 0 fully saturated rings. The lowest BCUT2D eigenvalue weighted by Crippen LogP contribution is -2.77. The van der Waals surface area contributed by atoms with Crippen LogP contribution in [-0.2, 0) is 0 Å². The summed E-state index contributed by atoms with van der Waals surface area (Å²) < 4.78 is 7.36. The second kappa shape index (κ2) is 15.9. The number of aromatic nitrogens is 3. The van der Waals surface area contributed by atoms with Gasteiger partial charge >= 0.3 is 0 Å². The maximum atomic E-state index is 5.90. The van der Waals surface area contributed by atoms with E-state index in [2.05, 4.69) is 258 Å². The number of para-hydroxylation sites is 4. The fourth-order valence-electron chi connectivity index (χ4n) is 11.7. The third kappa shape index (κ3) is 6.12. The zero-order valence-electron chi connectivity index (χ0n) is 38.3. The van der Waals surface area contributed by atoms with Gasteiger partial charge in [0.15, 0.2) is 0 Å². The Balaban J connectivity index is 0.875. The molecule has 5 heterocycles. The van der Waals surface area contributed by atoms with E-state index in [4.69, 9.17) is 4.98 Å². The zero-order chi connectivity index (χ0) is 46.6. The maximum absolute atomic E-state index is 5.90. The Hall–Kier alpha value is -8.26. The van der Waals surface area contributed by atoms with Gasteiger partial charge in [0.1, 0.15) is 5.82 Å². The molecule has 71 heavy (non-hydrogen) atoms. The van der Waals surface area contributed by atoms with Gasteiger partial charge in [-0.25, -0.2) is 4.98 Å². The van der Waals surface area contributed by atoms with Crippen molar-refractivity contribution in [1.29, 1.82) is 0 Å². The Bertz CT molecular complexity index is 4340. The Morgan fingerprint density at radius 2 is 0.845 bits per heavy atom. The number of benzene rings is 10. The van der Waals surface area contributed by atoms with Crippen LogP contribution in [0.1, 0.15) is 0 Å². The molecule has 3 nitrogen and oxygen atoms in total. The van der Waals surface area contributed by atoms with Crippen molar-refractivity contribution in [3.63, 3.8) is 0 Å². The average Bonchev–Trinajstić information content (AvgIpc) is 4.10. The lowest BCUT2D eigenvalue weighted by molar-refractivity contribution is 1.09. The van der Waals surface area contributed by atoms with Crippen LogP contribution in [0.3, 0.4) is 0 Å². The van der Waals surface area contributed by atoms with Crippen LogP contribution >= 0.6 is 23.1 Å². The van der Waals surface area contributed by atoms with Crippen LogP contribution in [0.4, 0.5) is 0 Å². The minimum absolute atomic E-state index is 0.934. The molecular formula is C65H41N3S2Si. The van der Waals surface area contributed by atoms with Gasteiger partial charge in [-0.1, -0.05) is 188 Å². The summed E-state index contributed by atoms with van der Waals surface area (Å²) in [6.07, 6.45) is 0. The largest absolute Gasteiger partial charge is 0.309 e. The predicted octanol–water partition coefficient (Wildman–Crippen LogP) is 14.8. The molecular weight excluding hydrogens is 915 g/mol. The smallest absolute Gasteiger partial charge is 0.204 e. The summed E-state index contributed by atoms with van der Waals surface area (Å²) in [6.45, 7) is 0. The molecule has 15 rings (SSSR count). The lowest BCUT2D eigenvalue weighted by atomic mass is 10.00. The van der Waals surface area contributed by atoms with Gasteiger partial charge in [0.2, 0.25) is 8.07 Å². The lowest BCUT2D eigenvalue weighted by Gasteiger charge is -2.39. The Labute approximate surface area is 419 Å². The zero-order valence-corrected chi connectivity index (χ0v) is 41.0. The number of pyridine rings is 1. The molecule has 4 aromatic heterocycles. The van der Waals surface area contributed by atoms with Crippen LogP contribution in [0, 0.1) is 0 Å². The Kier molecular flexibility index (Phi) is 9.09. The highest BCUT2D eigenvalue weighted by Crippen LogP contribution is 2.39. The molecule has 0 N–H and O–H groups in total. The molecule has 0 radical (unpaired) electrons. The SMILES string of the molecule is c1cc(-n2c3ccccc3c3ccccc32)nc([Si]2(c3ccc4sc5ccccc5c4c3)c3ccccc3Sc3cc(-c4ccc(-c5ccc(-n6c7ccccc7c7ccccc76)cc5)cc4)ccc32)c1. The second-order valence-corrected chi connectivity index (χ2v) is 24.4. The molecule has 1 atom stereocenters. The van der Waals surface area contributed by atoms with E-state index in [0.717, 1.165) is 27.9 Å². The van der Waals surface area contributed by atoms with Gasteiger partial charge < -0.3 is 4.57 Å². The van der Waals surface area contributed by atoms with E-state index in [0.29, 0.717) is 0 Å². The van der Waals surface area contributed by atoms with Crippen molar-refractivity contribution >= 4 is 116 Å². The van der Waals surface area contributed by atoms with Crippen molar-refractivity contribution in [2.75, 3.05) is 0 Å². The van der Waals surface area contributed by atoms with Crippen molar-refractivity contribution in [2.24, 2.45) is 0 Å². The molecule has 14 aromatic rings. The summed E-state index contributed by atoms with van der Waals surface area (Å²) in [7, 11) is -3.11. The average molecular weight is 956 g/mol.